The highest BCUT2D eigenvalue weighted by molar-refractivity contribution is 6.30. The molecule has 2 N–H and O–H groups in total. The Balaban J connectivity index is 1.69. The molecule has 0 radical (unpaired) electrons. The molecular weight excluding hydrogens is 323 g/mol. The molecular formula is C15H16ClFN4O2. The first kappa shape index (κ1) is 15.9. The number of nitrogens with one attached hydrogen (secondary N) is 1. The Hall–Kier alpha value is -1.99. The van der Waals surface area contributed by atoms with Crippen molar-refractivity contribution in [1.82, 2.24) is 20.3 Å². The monoisotopic (exact) mass is 338 g/mol. The van der Waals surface area contributed by atoms with Crippen molar-refractivity contribution >= 4 is 17.5 Å². The minimum absolute atomic E-state index is 0.0285. The van der Waals surface area contributed by atoms with Crippen LogP contribution in [-0.4, -0.2) is 38.7 Å². The molecule has 6 nitrogen and oxygen atoms in total. The van der Waals surface area contributed by atoms with Crippen LogP contribution in [0, 0.1) is 11.7 Å². The van der Waals surface area contributed by atoms with Crippen LogP contribution < -0.4 is 5.32 Å². The molecule has 23 heavy (non-hydrogen) atoms. The van der Waals surface area contributed by atoms with Crippen LogP contribution in [0.4, 0.5) is 4.39 Å². The third-order valence-electron chi connectivity index (χ3n) is 4.05. The van der Waals surface area contributed by atoms with Crippen molar-refractivity contribution in [3.8, 4) is 5.69 Å². The number of hydrogen-bond acceptors (Lipinski definition) is 4. The standard InChI is InChI=1S/C15H16ClFN4O2/c16-10-4-2-5-12(14(10)17)21-8-11(19-20-21)15(23)18-7-9-3-1-6-13(9)22/h2,4-5,8-9,13,22H,1,3,6-7H2,(H,18,23)/t9-,13-/m1/s1. The van der Waals surface area contributed by atoms with E-state index in [1.165, 1.54) is 23.0 Å². The van der Waals surface area contributed by atoms with Gasteiger partial charge in [0.15, 0.2) is 11.5 Å². The zero-order chi connectivity index (χ0) is 16.4. The quantitative estimate of drug-likeness (QED) is 0.893. The number of amides is 1. The van der Waals surface area contributed by atoms with Crippen molar-refractivity contribution < 1.29 is 14.3 Å². The topological polar surface area (TPSA) is 80.0 Å². The molecule has 1 heterocycles. The lowest BCUT2D eigenvalue weighted by Crippen LogP contribution is -2.32. The van der Waals surface area contributed by atoms with E-state index in [0.29, 0.717) is 6.54 Å². The zero-order valence-corrected chi connectivity index (χ0v) is 13.0. The number of carbonyl (C=O) groups excluding carboxylic acids is 1. The van der Waals surface area contributed by atoms with E-state index in [0.717, 1.165) is 19.3 Å². The van der Waals surface area contributed by atoms with Crippen LogP contribution in [0.5, 0.6) is 0 Å². The van der Waals surface area contributed by atoms with Gasteiger partial charge in [-0.1, -0.05) is 29.3 Å². The van der Waals surface area contributed by atoms with Gasteiger partial charge in [0.1, 0.15) is 5.69 Å². The average molecular weight is 339 g/mol. The van der Waals surface area contributed by atoms with Gasteiger partial charge in [-0.2, -0.15) is 0 Å². The number of aliphatic hydroxyl groups is 1. The highest BCUT2D eigenvalue weighted by atomic mass is 35.5. The first-order chi connectivity index (χ1) is 11.1. The maximum Gasteiger partial charge on any atom is 0.273 e. The molecule has 1 aromatic carbocycles. The van der Waals surface area contributed by atoms with E-state index in [2.05, 4.69) is 15.6 Å². The van der Waals surface area contributed by atoms with E-state index in [-0.39, 0.29) is 28.4 Å². The molecule has 122 valence electrons. The lowest BCUT2D eigenvalue weighted by molar-refractivity contribution is 0.0912. The third-order valence-corrected chi connectivity index (χ3v) is 4.34. The van der Waals surface area contributed by atoms with Gasteiger partial charge in [-0.05, 0) is 25.0 Å². The van der Waals surface area contributed by atoms with Gasteiger partial charge >= 0.3 is 0 Å². The maximum absolute atomic E-state index is 13.9. The molecule has 0 spiro atoms. The highest BCUT2D eigenvalue weighted by Crippen LogP contribution is 2.24. The van der Waals surface area contributed by atoms with Gasteiger partial charge in [0.2, 0.25) is 0 Å². The third kappa shape index (κ3) is 3.35. The van der Waals surface area contributed by atoms with Crippen LogP contribution in [0.15, 0.2) is 24.4 Å². The second-order valence-corrected chi connectivity index (χ2v) is 6.00. The predicted molar refractivity (Wildman–Crippen MR) is 82.0 cm³/mol. The van der Waals surface area contributed by atoms with Gasteiger partial charge in [0, 0.05) is 12.5 Å². The molecule has 1 aliphatic carbocycles. The molecule has 0 saturated heterocycles. The predicted octanol–water partition coefficient (Wildman–Crippen LogP) is 1.95. The maximum atomic E-state index is 13.9. The fourth-order valence-corrected chi connectivity index (χ4v) is 2.89. The summed E-state index contributed by atoms with van der Waals surface area (Å²) in [6.45, 7) is 0.387. The molecule has 1 aromatic heterocycles. The smallest absolute Gasteiger partial charge is 0.273 e. The summed E-state index contributed by atoms with van der Waals surface area (Å²) < 4.78 is 15.1. The van der Waals surface area contributed by atoms with E-state index in [1.54, 1.807) is 6.07 Å². The Morgan fingerprint density at radius 2 is 2.30 bits per heavy atom. The zero-order valence-electron chi connectivity index (χ0n) is 12.2. The molecule has 2 aromatic rings. The van der Waals surface area contributed by atoms with Crippen molar-refractivity contribution in [1.29, 1.82) is 0 Å². The summed E-state index contributed by atoms with van der Waals surface area (Å²) in [7, 11) is 0. The van der Waals surface area contributed by atoms with Crippen molar-refractivity contribution in [2.45, 2.75) is 25.4 Å². The number of hydrogen-bond donors (Lipinski definition) is 2. The summed E-state index contributed by atoms with van der Waals surface area (Å²) >= 11 is 5.73. The Bertz CT molecular complexity index is 721. The van der Waals surface area contributed by atoms with Gasteiger partial charge in [0.05, 0.1) is 17.3 Å². The summed E-state index contributed by atoms with van der Waals surface area (Å²) in [4.78, 5) is 12.1. The van der Waals surface area contributed by atoms with Gasteiger partial charge in [-0.15, -0.1) is 5.10 Å². The number of carbonyl (C=O) groups is 1. The minimum atomic E-state index is -0.625. The van der Waals surface area contributed by atoms with Crippen LogP contribution in [0.1, 0.15) is 29.8 Å². The summed E-state index contributed by atoms with van der Waals surface area (Å²) in [5, 5.41) is 20.0. The number of aromatic nitrogens is 3. The second-order valence-electron chi connectivity index (χ2n) is 5.59. The molecule has 0 aliphatic heterocycles. The van der Waals surface area contributed by atoms with Crippen molar-refractivity contribution in [3.05, 3.63) is 40.9 Å². The fourth-order valence-electron chi connectivity index (χ4n) is 2.72. The molecule has 0 unspecified atom stereocenters. The number of aliphatic hydroxyl groups excluding tert-OH is 1. The van der Waals surface area contributed by atoms with E-state index < -0.39 is 11.7 Å². The molecule has 0 bridgehead atoms. The van der Waals surface area contributed by atoms with E-state index >= 15 is 0 Å². The molecule has 1 amide bonds. The average Bonchev–Trinajstić information content (AvgIpc) is 3.17. The van der Waals surface area contributed by atoms with E-state index in [4.69, 9.17) is 11.6 Å². The SMILES string of the molecule is O=C(NC[C@H]1CCC[C@H]1O)c1cn(-c2cccc(Cl)c2F)nn1. The van der Waals surface area contributed by atoms with Crippen molar-refractivity contribution in [2.24, 2.45) is 5.92 Å². The largest absolute Gasteiger partial charge is 0.393 e. The van der Waals surface area contributed by atoms with Crippen LogP contribution >= 0.6 is 11.6 Å². The molecule has 8 heteroatoms. The Morgan fingerprint density at radius 1 is 1.48 bits per heavy atom. The van der Waals surface area contributed by atoms with Gasteiger partial charge in [0.25, 0.3) is 5.91 Å². The first-order valence-electron chi connectivity index (χ1n) is 7.39. The van der Waals surface area contributed by atoms with Crippen LogP contribution in [-0.2, 0) is 0 Å². The minimum Gasteiger partial charge on any atom is -0.393 e. The van der Waals surface area contributed by atoms with Crippen molar-refractivity contribution in [3.63, 3.8) is 0 Å². The van der Waals surface area contributed by atoms with Crippen molar-refractivity contribution in [2.75, 3.05) is 6.54 Å². The summed E-state index contributed by atoms with van der Waals surface area (Å²) in [6, 6.07) is 4.51. The molecule has 2 atom stereocenters. The molecule has 1 saturated carbocycles. The number of halogens is 2. The molecule has 1 fully saturated rings. The summed E-state index contributed by atoms with van der Waals surface area (Å²) in [5.74, 6) is -0.961. The van der Waals surface area contributed by atoms with Crippen LogP contribution in [0.25, 0.3) is 5.69 Å². The number of benzene rings is 1. The van der Waals surface area contributed by atoms with Gasteiger partial charge in [-0.3, -0.25) is 4.79 Å². The Morgan fingerprint density at radius 3 is 3.04 bits per heavy atom. The lowest BCUT2D eigenvalue weighted by atomic mass is 10.1. The summed E-state index contributed by atoms with van der Waals surface area (Å²) in [5.41, 5.74) is 0.201. The molecule has 3 rings (SSSR count). The van der Waals surface area contributed by atoms with E-state index in [9.17, 15) is 14.3 Å². The Labute approximate surface area is 137 Å². The van der Waals surface area contributed by atoms with Gasteiger partial charge < -0.3 is 10.4 Å². The van der Waals surface area contributed by atoms with E-state index in [1.807, 2.05) is 0 Å². The highest BCUT2D eigenvalue weighted by Gasteiger charge is 2.26. The lowest BCUT2D eigenvalue weighted by Gasteiger charge is -2.14. The van der Waals surface area contributed by atoms with Crippen LogP contribution in [0.2, 0.25) is 5.02 Å². The first-order valence-corrected chi connectivity index (χ1v) is 7.77. The fraction of sp³-hybridized carbons (Fsp3) is 0.400. The summed E-state index contributed by atoms with van der Waals surface area (Å²) in [6.07, 6.45) is 3.60. The van der Waals surface area contributed by atoms with Gasteiger partial charge in [-0.25, -0.2) is 9.07 Å². The number of rotatable bonds is 4. The van der Waals surface area contributed by atoms with Crippen LogP contribution in [0.3, 0.4) is 0 Å². The Kier molecular flexibility index (Phi) is 4.58. The molecule has 1 aliphatic rings. The second kappa shape index (κ2) is 6.64. The normalized spacial score (nSPS) is 20.7. The number of nitrogens with zero attached hydrogens (tertiary/aromatic N) is 3.